The highest BCUT2D eigenvalue weighted by Crippen LogP contribution is 2.33. The van der Waals surface area contributed by atoms with Gasteiger partial charge in [0.25, 0.3) is 0 Å². The van der Waals surface area contributed by atoms with Gasteiger partial charge in [-0.15, -0.1) is 0 Å². The molecule has 0 spiro atoms. The summed E-state index contributed by atoms with van der Waals surface area (Å²) in [5, 5.41) is 0. The maximum Gasteiger partial charge on any atom is 0.340 e. The fourth-order valence-electron chi connectivity index (χ4n) is 2.73. The first kappa shape index (κ1) is 14.1. The van der Waals surface area contributed by atoms with Crippen LogP contribution in [0.3, 0.4) is 0 Å². The number of anilines is 1. The Morgan fingerprint density at radius 2 is 2.05 bits per heavy atom. The predicted octanol–water partition coefficient (Wildman–Crippen LogP) is 4.27. The zero-order chi connectivity index (χ0) is 14.8. The second-order valence-corrected chi connectivity index (χ2v) is 6.13. The van der Waals surface area contributed by atoms with Gasteiger partial charge in [-0.2, -0.15) is 0 Å². The third-order valence-electron chi connectivity index (χ3n) is 3.80. The first-order chi connectivity index (χ1) is 10.1. The molecule has 3 nitrogen and oxygen atoms in total. The Kier molecular flexibility index (Phi) is 3.97. The summed E-state index contributed by atoms with van der Waals surface area (Å²) in [5.74, 6) is -0.365. The van der Waals surface area contributed by atoms with Crippen LogP contribution in [0, 0.1) is 0 Å². The van der Waals surface area contributed by atoms with Gasteiger partial charge in [0.2, 0.25) is 0 Å². The summed E-state index contributed by atoms with van der Waals surface area (Å²) >= 11 is 3.35. The number of rotatable bonds is 2. The van der Waals surface area contributed by atoms with E-state index in [1.807, 2.05) is 24.3 Å². The number of nitrogen functional groups attached to an aromatic ring is 1. The number of ether oxygens (including phenoxy) is 1. The number of carbonyl (C=O) groups excluding carboxylic acids is 1. The zero-order valence-electron chi connectivity index (χ0n) is 11.5. The molecule has 2 aromatic carbocycles. The Hall–Kier alpha value is -1.81. The van der Waals surface area contributed by atoms with Gasteiger partial charge in [0, 0.05) is 10.2 Å². The van der Waals surface area contributed by atoms with Crippen LogP contribution in [-0.4, -0.2) is 5.97 Å². The highest BCUT2D eigenvalue weighted by atomic mass is 79.9. The molecule has 2 aromatic rings. The van der Waals surface area contributed by atoms with Crippen molar-refractivity contribution < 1.29 is 9.53 Å². The predicted molar refractivity (Wildman–Crippen MR) is 86.1 cm³/mol. The van der Waals surface area contributed by atoms with Gasteiger partial charge in [-0.3, -0.25) is 0 Å². The third kappa shape index (κ3) is 2.95. The largest absolute Gasteiger partial charge is 0.454 e. The standard InChI is InChI=1S/C17H16BrNO2/c18-12-8-9-15(19)14(10-12)17(20)21-16-7-3-5-11-4-1-2-6-13(11)16/h1-2,4,6,8-10,16H,3,5,7,19H2. The van der Waals surface area contributed by atoms with E-state index in [1.165, 1.54) is 5.56 Å². The van der Waals surface area contributed by atoms with Crippen LogP contribution in [0.5, 0.6) is 0 Å². The molecule has 2 N–H and O–H groups in total. The first-order valence-electron chi connectivity index (χ1n) is 6.99. The molecule has 1 atom stereocenters. The maximum atomic E-state index is 12.4. The second kappa shape index (κ2) is 5.90. The average Bonchev–Trinajstić information content (AvgIpc) is 2.50. The molecule has 1 unspecified atom stereocenters. The van der Waals surface area contributed by atoms with Gasteiger partial charge < -0.3 is 10.5 Å². The summed E-state index contributed by atoms with van der Waals surface area (Å²) in [6.45, 7) is 0. The van der Waals surface area contributed by atoms with Crippen molar-refractivity contribution in [2.24, 2.45) is 0 Å². The van der Waals surface area contributed by atoms with Gasteiger partial charge in [0.15, 0.2) is 0 Å². The fraction of sp³-hybridized carbons (Fsp3) is 0.235. The number of benzene rings is 2. The molecule has 0 amide bonds. The summed E-state index contributed by atoms with van der Waals surface area (Å²) in [6.07, 6.45) is 2.75. The van der Waals surface area contributed by atoms with E-state index in [1.54, 1.807) is 12.1 Å². The molecule has 0 saturated heterocycles. The minimum absolute atomic E-state index is 0.180. The van der Waals surface area contributed by atoms with E-state index < -0.39 is 0 Å². The molecule has 0 aromatic heterocycles. The van der Waals surface area contributed by atoms with E-state index in [9.17, 15) is 4.79 Å². The minimum Gasteiger partial charge on any atom is -0.454 e. The van der Waals surface area contributed by atoms with Gasteiger partial charge >= 0.3 is 5.97 Å². The lowest BCUT2D eigenvalue weighted by molar-refractivity contribution is 0.0257. The molecule has 3 rings (SSSR count). The number of carbonyl (C=O) groups is 1. The molecule has 0 radical (unpaired) electrons. The Morgan fingerprint density at radius 3 is 2.90 bits per heavy atom. The number of nitrogens with two attached hydrogens (primary N) is 1. The van der Waals surface area contributed by atoms with Crippen LogP contribution in [0.15, 0.2) is 46.9 Å². The fourth-order valence-corrected chi connectivity index (χ4v) is 3.09. The molecule has 0 heterocycles. The van der Waals surface area contributed by atoms with Crippen LogP contribution in [-0.2, 0) is 11.2 Å². The van der Waals surface area contributed by atoms with E-state index in [0.29, 0.717) is 11.3 Å². The summed E-state index contributed by atoms with van der Waals surface area (Å²) in [7, 11) is 0. The Labute approximate surface area is 132 Å². The summed E-state index contributed by atoms with van der Waals surface area (Å²) in [5.41, 5.74) is 9.10. The van der Waals surface area contributed by atoms with E-state index in [2.05, 4.69) is 22.0 Å². The summed E-state index contributed by atoms with van der Waals surface area (Å²) < 4.78 is 6.51. The van der Waals surface area contributed by atoms with Crippen molar-refractivity contribution in [3.8, 4) is 0 Å². The molecule has 0 fully saturated rings. The Morgan fingerprint density at radius 1 is 1.24 bits per heavy atom. The molecule has 0 bridgehead atoms. The highest BCUT2D eigenvalue weighted by Gasteiger charge is 2.24. The Bertz CT molecular complexity index is 684. The average molecular weight is 346 g/mol. The van der Waals surface area contributed by atoms with E-state index >= 15 is 0 Å². The van der Waals surface area contributed by atoms with Crippen LogP contribution in [0.1, 0.15) is 40.4 Å². The van der Waals surface area contributed by atoms with Crippen LogP contribution < -0.4 is 5.73 Å². The summed E-state index contributed by atoms with van der Waals surface area (Å²) in [4.78, 5) is 12.4. The van der Waals surface area contributed by atoms with Crippen LogP contribution >= 0.6 is 15.9 Å². The topological polar surface area (TPSA) is 52.3 Å². The van der Waals surface area contributed by atoms with Gasteiger partial charge in [-0.25, -0.2) is 4.79 Å². The van der Waals surface area contributed by atoms with Crippen molar-refractivity contribution in [1.82, 2.24) is 0 Å². The minimum atomic E-state index is -0.365. The number of hydrogen-bond donors (Lipinski definition) is 1. The summed E-state index contributed by atoms with van der Waals surface area (Å²) in [6, 6.07) is 13.4. The van der Waals surface area contributed by atoms with Crippen molar-refractivity contribution in [3.63, 3.8) is 0 Å². The molecular formula is C17H16BrNO2. The zero-order valence-corrected chi connectivity index (χ0v) is 13.1. The van der Waals surface area contributed by atoms with Crippen molar-refractivity contribution in [1.29, 1.82) is 0 Å². The third-order valence-corrected chi connectivity index (χ3v) is 4.29. The maximum absolute atomic E-state index is 12.4. The van der Waals surface area contributed by atoms with Crippen molar-refractivity contribution in [2.45, 2.75) is 25.4 Å². The van der Waals surface area contributed by atoms with Crippen molar-refractivity contribution in [3.05, 3.63) is 63.6 Å². The monoisotopic (exact) mass is 345 g/mol. The van der Waals surface area contributed by atoms with Crippen LogP contribution in [0.25, 0.3) is 0 Å². The number of halogens is 1. The Balaban J connectivity index is 1.84. The van der Waals surface area contributed by atoms with Crippen molar-refractivity contribution in [2.75, 3.05) is 5.73 Å². The quantitative estimate of drug-likeness (QED) is 0.653. The smallest absolute Gasteiger partial charge is 0.340 e. The lowest BCUT2D eigenvalue weighted by Crippen LogP contribution is -2.17. The van der Waals surface area contributed by atoms with Gasteiger partial charge in [-0.1, -0.05) is 40.2 Å². The molecule has 4 heteroatoms. The van der Waals surface area contributed by atoms with Gasteiger partial charge in [-0.05, 0) is 48.6 Å². The molecular weight excluding hydrogens is 330 g/mol. The lowest BCUT2D eigenvalue weighted by Gasteiger charge is -2.25. The number of fused-ring (bicyclic) bond motifs is 1. The van der Waals surface area contributed by atoms with E-state index in [0.717, 1.165) is 29.3 Å². The SMILES string of the molecule is Nc1ccc(Br)cc1C(=O)OC1CCCc2ccccc21. The second-order valence-electron chi connectivity index (χ2n) is 5.22. The normalized spacial score (nSPS) is 17.1. The first-order valence-corrected chi connectivity index (χ1v) is 7.78. The number of esters is 1. The molecule has 21 heavy (non-hydrogen) atoms. The molecule has 0 saturated carbocycles. The van der Waals surface area contributed by atoms with Gasteiger partial charge in [0.05, 0.1) is 5.56 Å². The van der Waals surface area contributed by atoms with E-state index in [4.69, 9.17) is 10.5 Å². The van der Waals surface area contributed by atoms with Crippen LogP contribution in [0.4, 0.5) is 5.69 Å². The number of hydrogen-bond acceptors (Lipinski definition) is 3. The molecule has 0 aliphatic heterocycles. The molecule has 108 valence electrons. The van der Waals surface area contributed by atoms with E-state index in [-0.39, 0.29) is 12.1 Å². The van der Waals surface area contributed by atoms with Crippen molar-refractivity contribution >= 4 is 27.6 Å². The lowest BCUT2D eigenvalue weighted by atomic mass is 9.89. The molecule has 1 aliphatic rings. The van der Waals surface area contributed by atoms with Crippen LogP contribution in [0.2, 0.25) is 0 Å². The van der Waals surface area contributed by atoms with Gasteiger partial charge in [0.1, 0.15) is 6.10 Å². The highest BCUT2D eigenvalue weighted by molar-refractivity contribution is 9.10. The number of aryl methyl sites for hydroxylation is 1. The molecule has 1 aliphatic carbocycles.